The third kappa shape index (κ3) is 2.99. The number of piperidine rings is 1. The second-order valence-corrected chi connectivity index (χ2v) is 6.83. The van der Waals surface area contributed by atoms with Crippen LogP contribution in [0.5, 0.6) is 11.6 Å². The van der Waals surface area contributed by atoms with Crippen molar-refractivity contribution in [2.45, 2.75) is 30.8 Å². The van der Waals surface area contributed by atoms with E-state index in [0.29, 0.717) is 23.4 Å². The Morgan fingerprint density at radius 1 is 1.18 bits per heavy atom. The SMILES string of the molecule is Oc1cc(-n2ccnn2)ccc1-c1ccc(O[C@H]2CC3C=CC(N3)[C@@H]2F)nn1. The van der Waals surface area contributed by atoms with Gasteiger partial charge in [-0.25, -0.2) is 9.07 Å². The van der Waals surface area contributed by atoms with Gasteiger partial charge in [0.05, 0.1) is 29.8 Å². The predicted molar refractivity (Wildman–Crippen MR) is 97.8 cm³/mol. The number of aromatic nitrogens is 5. The highest BCUT2D eigenvalue weighted by Gasteiger charge is 2.40. The van der Waals surface area contributed by atoms with Crippen molar-refractivity contribution >= 4 is 0 Å². The van der Waals surface area contributed by atoms with Gasteiger partial charge in [0, 0.05) is 30.2 Å². The topological polar surface area (TPSA) is 98.0 Å². The maximum atomic E-state index is 14.4. The van der Waals surface area contributed by atoms with Gasteiger partial charge in [0.15, 0.2) is 6.17 Å². The van der Waals surface area contributed by atoms with Crippen molar-refractivity contribution in [1.29, 1.82) is 0 Å². The average Bonchev–Trinajstić information content (AvgIpc) is 3.37. The lowest BCUT2D eigenvalue weighted by atomic mass is 9.99. The molecular weight excluding hydrogens is 363 g/mol. The zero-order valence-electron chi connectivity index (χ0n) is 14.7. The molecule has 1 fully saturated rings. The molecule has 28 heavy (non-hydrogen) atoms. The van der Waals surface area contributed by atoms with Crippen molar-refractivity contribution in [1.82, 2.24) is 30.5 Å². The summed E-state index contributed by atoms with van der Waals surface area (Å²) in [7, 11) is 0. The summed E-state index contributed by atoms with van der Waals surface area (Å²) >= 11 is 0. The van der Waals surface area contributed by atoms with Crippen LogP contribution in [0.15, 0.2) is 54.9 Å². The minimum absolute atomic E-state index is 0.0424. The monoisotopic (exact) mass is 380 g/mol. The van der Waals surface area contributed by atoms with Crippen LogP contribution in [0, 0.1) is 0 Å². The van der Waals surface area contributed by atoms with Crippen molar-refractivity contribution in [2.24, 2.45) is 0 Å². The normalized spacial score (nSPS) is 25.8. The summed E-state index contributed by atoms with van der Waals surface area (Å²) in [4.78, 5) is 0. The maximum Gasteiger partial charge on any atom is 0.233 e. The highest BCUT2D eigenvalue weighted by Crippen LogP contribution is 2.31. The van der Waals surface area contributed by atoms with Crippen LogP contribution in [0.1, 0.15) is 6.42 Å². The van der Waals surface area contributed by atoms with E-state index in [0.717, 1.165) is 0 Å². The summed E-state index contributed by atoms with van der Waals surface area (Å²) in [5.41, 5.74) is 1.68. The Bertz CT molecular complexity index is 1010. The van der Waals surface area contributed by atoms with E-state index in [-0.39, 0.29) is 23.7 Å². The summed E-state index contributed by atoms with van der Waals surface area (Å²) < 4.78 is 21.7. The van der Waals surface area contributed by atoms with E-state index in [1.165, 1.54) is 0 Å². The molecule has 4 atom stereocenters. The largest absolute Gasteiger partial charge is 0.507 e. The van der Waals surface area contributed by atoms with Crippen LogP contribution in [0.4, 0.5) is 4.39 Å². The summed E-state index contributed by atoms with van der Waals surface area (Å²) in [5, 5.41) is 29.3. The predicted octanol–water partition coefficient (Wildman–Crippen LogP) is 1.82. The maximum absolute atomic E-state index is 14.4. The van der Waals surface area contributed by atoms with E-state index in [1.807, 2.05) is 12.2 Å². The van der Waals surface area contributed by atoms with Crippen molar-refractivity contribution in [3.8, 4) is 28.6 Å². The number of benzene rings is 1. The van der Waals surface area contributed by atoms with E-state index in [1.54, 1.807) is 47.4 Å². The number of nitrogens with zero attached hydrogens (tertiary/aromatic N) is 5. The molecule has 0 spiro atoms. The molecule has 3 aromatic rings. The Balaban J connectivity index is 1.33. The number of halogens is 1. The molecule has 0 saturated carbocycles. The van der Waals surface area contributed by atoms with Crippen LogP contribution < -0.4 is 10.1 Å². The quantitative estimate of drug-likeness (QED) is 0.666. The van der Waals surface area contributed by atoms with Crippen molar-refractivity contribution in [3.63, 3.8) is 0 Å². The Labute approximate surface area is 159 Å². The highest BCUT2D eigenvalue weighted by atomic mass is 19.1. The van der Waals surface area contributed by atoms with Crippen LogP contribution in [-0.2, 0) is 0 Å². The molecule has 4 heterocycles. The van der Waals surface area contributed by atoms with Crippen molar-refractivity contribution < 1.29 is 14.2 Å². The van der Waals surface area contributed by atoms with Gasteiger partial charge in [-0.15, -0.1) is 15.3 Å². The number of hydrogen-bond acceptors (Lipinski definition) is 7. The zero-order chi connectivity index (χ0) is 19.1. The molecule has 0 amide bonds. The number of aromatic hydroxyl groups is 1. The molecule has 2 N–H and O–H groups in total. The molecule has 2 aromatic heterocycles. The van der Waals surface area contributed by atoms with Crippen molar-refractivity contribution in [3.05, 3.63) is 54.9 Å². The molecule has 2 unspecified atom stereocenters. The van der Waals surface area contributed by atoms with Gasteiger partial charge in [-0.05, 0) is 18.2 Å². The number of nitrogens with one attached hydrogen (secondary N) is 1. The summed E-state index contributed by atoms with van der Waals surface area (Å²) in [5.74, 6) is 0.303. The van der Waals surface area contributed by atoms with Crippen molar-refractivity contribution in [2.75, 3.05) is 0 Å². The lowest BCUT2D eigenvalue weighted by Crippen LogP contribution is -2.52. The molecule has 5 rings (SSSR count). The third-order valence-electron chi connectivity index (χ3n) is 5.00. The molecule has 142 valence electrons. The molecule has 1 saturated heterocycles. The Hall–Kier alpha value is -3.33. The van der Waals surface area contributed by atoms with E-state index < -0.39 is 12.3 Å². The first kappa shape index (κ1) is 16.8. The van der Waals surface area contributed by atoms with Gasteiger partial charge in [0.25, 0.3) is 0 Å². The van der Waals surface area contributed by atoms with Crippen LogP contribution in [0.25, 0.3) is 16.9 Å². The van der Waals surface area contributed by atoms with Gasteiger partial charge in [0.1, 0.15) is 11.9 Å². The number of rotatable bonds is 4. The van der Waals surface area contributed by atoms with Gasteiger partial charge in [-0.1, -0.05) is 17.4 Å². The molecule has 2 aliphatic heterocycles. The number of fused-ring (bicyclic) bond motifs is 2. The standard InChI is InChI=1S/C19H17FN6O2/c20-19-15-4-1-11(22-15)9-17(19)28-18-6-5-14(23-24-18)13-3-2-12(10-16(13)27)26-8-7-21-25-26/h1-8,10-11,15,17,19,22,27H,9H2/t11?,15?,17-,19-/m0/s1. The van der Waals surface area contributed by atoms with Crippen LogP contribution in [0.2, 0.25) is 0 Å². The first-order valence-electron chi connectivity index (χ1n) is 8.96. The molecule has 2 aliphatic rings. The van der Waals surface area contributed by atoms with Gasteiger partial charge < -0.3 is 15.2 Å². The fourth-order valence-corrected chi connectivity index (χ4v) is 3.59. The van der Waals surface area contributed by atoms with Gasteiger partial charge in [0.2, 0.25) is 5.88 Å². The number of ether oxygens (including phenoxy) is 1. The van der Waals surface area contributed by atoms with E-state index in [9.17, 15) is 9.50 Å². The van der Waals surface area contributed by atoms with E-state index in [4.69, 9.17) is 4.74 Å². The molecule has 8 nitrogen and oxygen atoms in total. The number of phenolic OH excluding ortho intramolecular Hbond substituents is 1. The molecular formula is C19H17FN6O2. The summed E-state index contributed by atoms with van der Waals surface area (Å²) in [6.07, 6.45) is 5.90. The highest BCUT2D eigenvalue weighted by molar-refractivity contribution is 5.68. The molecule has 9 heteroatoms. The molecule has 0 radical (unpaired) electrons. The van der Waals surface area contributed by atoms with E-state index in [2.05, 4.69) is 25.8 Å². The van der Waals surface area contributed by atoms with Gasteiger partial charge in [-0.2, -0.15) is 0 Å². The first-order valence-corrected chi connectivity index (χ1v) is 8.96. The minimum atomic E-state index is -1.13. The van der Waals surface area contributed by atoms with Crippen LogP contribution in [-0.4, -0.2) is 54.7 Å². The number of phenols is 1. The zero-order valence-corrected chi connectivity index (χ0v) is 14.7. The van der Waals surface area contributed by atoms with Gasteiger partial charge >= 0.3 is 0 Å². The number of hydrogen-bond donors (Lipinski definition) is 2. The minimum Gasteiger partial charge on any atom is -0.507 e. The lowest BCUT2D eigenvalue weighted by Gasteiger charge is -2.32. The first-order chi connectivity index (χ1) is 13.7. The third-order valence-corrected chi connectivity index (χ3v) is 5.00. The summed E-state index contributed by atoms with van der Waals surface area (Å²) in [6.45, 7) is 0. The van der Waals surface area contributed by atoms with Gasteiger partial charge in [-0.3, -0.25) is 0 Å². The fraction of sp³-hybridized carbons (Fsp3) is 0.263. The average molecular weight is 380 g/mol. The van der Waals surface area contributed by atoms with E-state index >= 15 is 0 Å². The Morgan fingerprint density at radius 2 is 2.11 bits per heavy atom. The smallest absolute Gasteiger partial charge is 0.233 e. The Morgan fingerprint density at radius 3 is 2.86 bits per heavy atom. The lowest BCUT2D eigenvalue weighted by molar-refractivity contribution is 0.0475. The molecule has 1 aromatic carbocycles. The molecule has 0 aliphatic carbocycles. The fourth-order valence-electron chi connectivity index (χ4n) is 3.59. The second kappa shape index (κ2) is 6.68. The number of alkyl halides is 1. The second-order valence-electron chi connectivity index (χ2n) is 6.83. The van der Waals surface area contributed by atoms with Crippen LogP contribution in [0.3, 0.4) is 0 Å². The summed E-state index contributed by atoms with van der Waals surface area (Å²) in [6, 6.07) is 8.24. The molecule has 2 bridgehead atoms. The van der Waals surface area contributed by atoms with Crippen LogP contribution >= 0.6 is 0 Å². The Kier molecular flexibility index (Phi) is 4.01.